The Kier molecular flexibility index (Phi) is 4.75. The molecule has 4 heteroatoms. The molecule has 1 amide bonds. The van der Waals surface area contributed by atoms with Gasteiger partial charge in [0, 0.05) is 6.54 Å². The predicted octanol–water partition coefficient (Wildman–Crippen LogP) is 2.44. The van der Waals surface area contributed by atoms with Crippen molar-refractivity contribution in [2.24, 2.45) is 0 Å². The highest BCUT2D eigenvalue weighted by Crippen LogP contribution is 2.09. The van der Waals surface area contributed by atoms with Gasteiger partial charge >= 0.3 is 0 Å². The van der Waals surface area contributed by atoms with Gasteiger partial charge in [-0.1, -0.05) is 0 Å². The zero-order valence-corrected chi connectivity index (χ0v) is 11.0. The van der Waals surface area contributed by atoms with Crippen LogP contribution in [0.25, 0.3) is 0 Å². The molecule has 96 valence electrons. The van der Waals surface area contributed by atoms with Crippen LogP contribution in [0.3, 0.4) is 0 Å². The molecule has 0 unspecified atom stereocenters. The maximum atomic E-state index is 11.9. The van der Waals surface area contributed by atoms with Crippen molar-refractivity contribution in [2.45, 2.75) is 39.8 Å². The fourth-order valence-electron chi connectivity index (χ4n) is 1.34. The monoisotopic (exact) mass is 239 g/mol. The number of furan rings is 1. The fourth-order valence-corrected chi connectivity index (χ4v) is 1.34. The second-order valence-electron chi connectivity index (χ2n) is 4.89. The van der Waals surface area contributed by atoms with Crippen LogP contribution in [0.15, 0.2) is 22.8 Å². The van der Waals surface area contributed by atoms with E-state index in [0.29, 0.717) is 13.1 Å². The van der Waals surface area contributed by atoms with Gasteiger partial charge in [-0.25, -0.2) is 0 Å². The first-order chi connectivity index (χ1) is 7.92. The molecule has 0 N–H and O–H groups in total. The summed E-state index contributed by atoms with van der Waals surface area (Å²) < 4.78 is 10.7. The van der Waals surface area contributed by atoms with Crippen LogP contribution in [0.4, 0.5) is 0 Å². The molecule has 0 aliphatic rings. The van der Waals surface area contributed by atoms with E-state index >= 15 is 0 Å². The van der Waals surface area contributed by atoms with E-state index in [9.17, 15) is 4.79 Å². The van der Waals surface area contributed by atoms with Gasteiger partial charge in [-0.15, -0.1) is 0 Å². The van der Waals surface area contributed by atoms with Crippen molar-refractivity contribution in [1.29, 1.82) is 0 Å². The first kappa shape index (κ1) is 13.8. The molecule has 1 aromatic heterocycles. The largest absolute Gasteiger partial charge is 0.467 e. The number of nitrogens with zero attached hydrogens (tertiary/aromatic N) is 1. The lowest BCUT2D eigenvalue weighted by atomic mass is 10.2. The standard InChI is InChI=1S/C13H21NO3/c1-5-14(9-11-7-6-8-16-11)12(15)10-17-13(2,3)4/h6-8H,5,9-10H2,1-4H3. The molecule has 0 aliphatic heterocycles. The molecular weight excluding hydrogens is 218 g/mol. The number of rotatable bonds is 5. The van der Waals surface area contributed by atoms with Crippen LogP contribution in [-0.2, 0) is 16.1 Å². The van der Waals surface area contributed by atoms with Crippen molar-refractivity contribution >= 4 is 5.91 Å². The quantitative estimate of drug-likeness (QED) is 0.792. The van der Waals surface area contributed by atoms with Gasteiger partial charge in [-0.2, -0.15) is 0 Å². The van der Waals surface area contributed by atoms with Crippen LogP contribution < -0.4 is 0 Å². The van der Waals surface area contributed by atoms with Crippen LogP contribution in [0.1, 0.15) is 33.5 Å². The van der Waals surface area contributed by atoms with Crippen molar-refractivity contribution in [3.05, 3.63) is 24.2 Å². The molecular formula is C13H21NO3. The van der Waals surface area contributed by atoms with Crippen LogP contribution in [0, 0.1) is 0 Å². The van der Waals surface area contributed by atoms with E-state index in [-0.39, 0.29) is 18.1 Å². The fraction of sp³-hybridized carbons (Fsp3) is 0.615. The average Bonchev–Trinajstić information content (AvgIpc) is 2.74. The van der Waals surface area contributed by atoms with Crippen LogP contribution in [0.2, 0.25) is 0 Å². The second-order valence-corrected chi connectivity index (χ2v) is 4.89. The summed E-state index contributed by atoms with van der Waals surface area (Å²) in [5.41, 5.74) is -0.292. The maximum absolute atomic E-state index is 11.9. The molecule has 0 radical (unpaired) electrons. The summed E-state index contributed by atoms with van der Waals surface area (Å²) in [5, 5.41) is 0. The van der Waals surface area contributed by atoms with E-state index in [1.165, 1.54) is 0 Å². The Labute approximate surface area is 103 Å². The minimum Gasteiger partial charge on any atom is -0.467 e. The minimum absolute atomic E-state index is 0.0150. The smallest absolute Gasteiger partial charge is 0.248 e. The maximum Gasteiger partial charge on any atom is 0.248 e. The predicted molar refractivity (Wildman–Crippen MR) is 65.5 cm³/mol. The van der Waals surface area contributed by atoms with Gasteiger partial charge in [0.2, 0.25) is 5.91 Å². The van der Waals surface area contributed by atoms with Crippen LogP contribution in [0.5, 0.6) is 0 Å². The van der Waals surface area contributed by atoms with E-state index in [1.807, 2.05) is 39.8 Å². The molecule has 1 heterocycles. The normalized spacial score (nSPS) is 11.5. The van der Waals surface area contributed by atoms with Gasteiger partial charge in [0.05, 0.1) is 18.4 Å². The summed E-state index contributed by atoms with van der Waals surface area (Å²) in [6.45, 7) is 8.99. The van der Waals surface area contributed by atoms with Crippen molar-refractivity contribution in [3.8, 4) is 0 Å². The van der Waals surface area contributed by atoms with Gasteiger partial charge in [0.15, 0.2) is 0 Å². The molecule has 0 bridgehead atoms. The molecule has 0 saturated carbocycles. The molecule has 17 heavy (non-hydrogen) atoms. The summed E-state index contributed by atoms with van der Waals surface area (Å²) >= 11 is 0. The van der Waals surface area contributed by atoms with E-state index < -0.39 is 0 Å². The highest BCUT2D eigenvalue weighted by Gasteiger charge is 2.17. The SMILES string of the molecule is CCN(Cc1ccco1)C(=O)COC(C)(C)C. The summed E-state index contributed by atoms with van der Waals surface area (Å²) in [6.07, 6.45) is 1.61. The summed E-state index contributed by atoms with van der Waals surface area (Å²) in [7, 11) is 0. The number of ether oxygens (including phenoxy) is 1. The highest BCUT2D eigenvalue weighted by atomic mass is 16.5. The molecule has 0 fully saturated rings. The lowest BCUT2D eigenvalue weighted by Crippen LogP contribution is -2.35. The summed E-state index contributed by atoms with van der Waals surface area (Å²) in [6, 6.07) is 3.68. The number of hydrogen-bond donors (Lipinski definition) is 0. The van der Waals surface area contributed by atoms with E-state index in [4.69, 9.17) is 9.15 Å². The topological polar surface area (TPSA) is 42.7 Å². The first-order valence-corrected chi connectivity index (χ1v) is 5.86. The minimum atomic E-state index is -0.292. The molecule has 4 nitrogen and oxygen atoms in total. The van der Waals surface area contributed by atoms with Gasteiger partial charge in [0.25, 0.3) is 0 Å². The average molecular weight is 239 g/mol. The Morgan fingerprint density at radius 1 is 1.47 bits per heavy atom. The summed E-state index contributed by atoms with van der Waals surface area (Å²) in [4.78, 5) is 13.6. The zero-order valence-electron chi connectivity index (χ0n) is 11.0. The van der Waals surface area contributed by atoms with Gasteiger partial charge in [-0.05, 0) is 39.8 Å². The van der Waals surface area contributed by atoms with Crippen LogP contribution >= 0.6 is 0 Å². The Bertz CT molecular complexity index is 338. The Morgan fingerprint density at radius 2 is 2.18 bits per heavy atom. The summed E-state index contributed by atoms with van der Waals surface area (Å²) in [5.74, 6) is 0.773. The van der Waals surface area contributed by atoms with E-state index in [1.54, 1.807) is 11.2 Å². The van der Waals surface area contributed by atoms with Crippen molar-refractivity contribution in [2.75, 3.05) is 13.2 Å². The third-order valence-corrected chi connectivity index (χ3v) is 2.29. The second kappa shape index (κ2) is 5.87. The Morgan fingerprint density at radius 3 is 2.65 bits per heavy atom. The number of carbonyl (C=O) groups is 1. The number of amides is 1. The molecule has 1 aromatic rings. The number of likely N-dealkylation sites (N-methyl/N-ethyl adjacent to an activating group) is 1. The molecule has 1 rings (SSSR count). The molecule has 0 atom stereocenters. The Hall–Kier alpha value is -1.29. The molecule has 0 aliphatic carbocycles. The molecule has 0 aromatic carbocycles. The number of carbonyl (C=O) groups excluding carboxylic acids is 1. The van der Waals surface area contributed by atoms with Gasteiger partial charge < -0.3 is 14.1 Å². The third kappa shape index (κ3) is 5.04. The lowest BCUT2D eigenvalue weighted by molar-refractivity contribution is -0.141. The zero-order chi connectivity index (χ0) is 12.9. The van der Waals surface area contributed by atoms with Crippen molar-refractivity contribution in [3.63, 3.8) is 0 Å². The third-order valence-electron chi connectivity index (χ3n) is 2.29. The van der Waals surface area contributed by atoms with E-state index in [0.717, 1.165) is 5.76 Å². The lowest BCUT2D eigenvalue weighted by Gasteiger charge is -2.23. The van der Waals surface area contributed by atoms with Crippen molar-refractivity contribution in [1.82, 2.24) is 4.90 Å². The Balaban J connectivity index is 2.47. The molecule has 0 saturated heterocycles. The van der Waals surface area contributed by atoms with E-state index in [2.05, 4.69) is 0 Å². The highest BCUT2D eigenvalue weighted by molar-refractivity contribution is 5.77. The van der Waals surface area contributed by atoms with Crippen LogP contribution in [-0.4, -0.2) is 29.6 Å². The number of hydrogen-bond acceptors (Lipinski definition) is 3. The first-order valence-electron chi connectivity index (χ1n) is 5.86. The molecule has 0 spiro atoms. The van der Waals surface area contributed by atoms with Crippen molar-refractivity contribution < 1.29 is 13.9 Å². The van der Waals surface area contributed by atoms with Gasteiger partial charge in [0.1, 0.15) is 12.4 Å². The van der Waals surface area contributed by atoms with Gasteiger partial charge in [-0.3, -0.25) is 4.79 Å².